The van der Waals surface area contributed by atoms with Crippen molar-refractivity contribution in [1.82, 2.24) is 0 Å². The minimum absolute atomic E-state index is 0.293. The van der Waals surface area contributed by atoms with Crippen LogP contribution in [0.2, 0.25) is 37.8 Å². The van der Waals surface area contributed by atoms with E-state index in [1.165, 1.54) is 224 Å². The van der Waals surface area contributed by atoms with E-state index in [4.69, 9.17) is 8.85 Å². The Hall–Kier alpha value is -0.396. The van der Waals surface area contributed by atoms with E-state index in [0.717, 1.165) is 12.5 Å². The van der Waals surface area contributed by atoms with Crippen molar-refractivity contribution in [3.8, 4) is 0 Å². The summed E-state index contributed by atoms with van der Waals surface area (Å²) < 4.78 is 12.6. The lowest BCUT2D eigenvalue weighted by Gasteiger charge is -2.38. The number of unbranched alkanes of at least 4 members (excludes halogenated alkanes) is 30. The zero-order chi connectivity index (χ0) is 36.9. The number of carbonyl (C=O) groups excluding carboxylic acids is 1. The van der Waals surface area contributed by atoms with Gasteiger partial charge in [-0.2, -0.15) is 0 Å². The number of carbonyl (C=O) groups is 1. The van der Waals surface area contributed by atoms with Crippen LogP contribution in [0, 0.1) is 0 Å². The highest BCUT2D eigenvalue weighted by Crippen LogP contribution is 2.33. The van der Waals surface area contributed by atoms with Crippen molar-refractivity contribution in [2.24, 2.45) is 0 Å². The highest BCUT2D eigenvalue weighted by Gasteiger charge is 2.37. The number of rotatable bonds is 41. The summed E-state index contributed by atoms with van der Waals surface area (Å²) in [6.07, 6.45) is 47.5. The fourth-order valence-electron chi connectivity index (χ4n) is 7.79. The predicted octanol–water partition coefficient (Wildman–Crippen LogP) is 16.4. The van der Waals surface area contributed by atoms with E-state index in [2.05, 4.69) is 40.1 Å². The van der Waals surface area contributed by atoms with Crippen LogP contribution in [0.3, 0.4) is 0 Å². The maximum absolute atomic E-state index is 11.7. The topological polar surface area (TPSA) is 35.5 Å². The first kappa shape index (κ1) is 49.6. The fraction of sp³-hybridized carbons (Fsp3) is 0.933. The Labute approximate surface area is 318 Å². The van der Waals surface area contributed by atoms with E-state index in [1.54, 1.807) is 0 Å². The van der Waals surface area contributed by atoms with Crippen LogP contribution in [-0.4, -0.2) is 29.2 Å². The Morgan fingerprint density at radius 3 is 0.960 bits per heavy atom. The molecule has 0 saturated heterocycles. The molecular formula is C45H92O3Si2. The molecule has 0 rings (SSSR count). The normalized spacial score (nSPS) is 12.1. The monoisotopic (exact) mass is 737 g/mol. The Balaban J connectivity index is 4.38. The molecule has 5 heteroatoms. The van der Waals surface area contributed by atoms with Gasteiger partial charge in [-0.3, -0.25) is 0 Å². The van der Waals surface area contributed by atoms with Crippen LogP contribution in [0.4, 0.5) is 0 Å². The van der Waals surface area contributed by atoms with Gasteiger partial charge in [-0.05, 0) is 44.2 Å². The van der Waals surface area contributed by atoms with Crippen LogP contribution in [0.5, 0.6) is 0 Å². The molecule has 0 unspecified atom stereocenters. The first-order chi connectivity index (χ1) is 24.3. The van der Waals surface area contributed by atoms with Crippen molar-refractivity contribution in [3.63, 3.8) is 0 Å². The van der Waals surface area contributed by atoms with Gasteiger partial charge in [0.1, 0.15) is 0 Å². The first-order valence-electron chi connectivity index (χ1n) is 22.8. The van der Waals surface area contributed by atoms with E-state index in [9.17, 15) is 4.79 Å². The molecule has 0 aliphatic carbocycles. The molecule has 0 aliphatic rings. The molecule has 0 aromatic heterocycles. The van der Waals surface area contributed by atoms with Crippen molar-refractivity contribution in [2.45, 2.75) is 264 Å². The number of esters is 1. The van der Waals surface area contributed by atoms with Gasteiger partial charge < -0.3 is 8.85 Å². The van der Waals surface area contributed by atoms with Gasteiger partial charge in [-0.25, -0.2) is 4.79 Å². The maximum Gasteiger partial charge on any atom is 0.330 e. The van der Waals surface area contributed by atoms with Gasteiger partial charge in [0.2, 0.25) is 0 Å². The molecule has 0 heterocycles. The molecule has 0 aliphatic heterocycles. The van der Waals surface area contributed by atoms with E-state index in [-0.39, 0.29) is 5.97 Å². The van der Waals surface area contributed by atoms with Gasteiger partial charge in [0.05, 0.1) is 6.61 Å². The zero-order valence-electron chi connectivity index (χ0n) is 35.2. The molecule has 298 valence electrons. The summed E-state index contributed by atoms with van der Waals surface area (Å²) in [7, 11) is -3.55. The minimum Gasteiger partial charge on any atom is -0.463 e. The van der Waals surface area contributed by atoms with Crippen LogP contribution in [0.15, 0.2) is 12.7 Å². The second kappa shape index (κ2) is 36.9. The third-order valence-electron chi connectivity index (χ3n) is 10.7. The molecule has 0 aromatic rings. The molecule has 0 atom stereocenters. The number of hydrogen-bond donors (Lipinski definition) is 0. The second-order valence-electron chi connectivity index (χ2n) is 17.0. The molecule has 0 aromatic carbocycles. The van der Waals surface area contributed by atoms with Crippen molar-refractivity contribution in [1.29, 1.82) is 0 Å². The highest BCUT2D eigenvalue weighted by atomic mass is 28.4. The summed E-state index contributed by atoms with van der Waals surface area (Å²) in [5.74, 6) is -0.293. The Bertz CT molecular complexity index is 684. The summed E-state index contributed by atoms with van der Waals surface area (Å²) in [6.45, 7) is 15.8. The average molecular weight is 737 g/mol. The Kier molecular flexibility index (Phi) is 36.6. The molecule has 3 nitrogen and oxygen atoms in total. The van der Waals surface area contributed by atoms with Gasteiger partial charge in [0, 0.05) is 6.08 Å². The van der Waals surface area contributed by atoms with Crippen molar-refractivity contribution >= 4 is 22.6 Å². The molecular weight excluding hydrogens is 645 g/mol. The number of hydrogen-bond acceptors (Lipinski definition) is 3. The highest BCUT2D eigenvalue weighted by molar-refractivity contribution is 6.85. The standard InChI is InChI=1S/C45H92O3Si2/c1-7-10-12-14-16-18-20-22-24-26-28-30-32-34-36-38-42-50(48-49(4,5)6,44-40-41-47-45(46)9-3)43-39-37-35-33-31-29-27-25-23-21-19-17-15-13-11-8-2/h9H,3,7-8,10-44H2,1-2,4-6H3. The lowest BCUT2D eigenvalue weighted by atomic mass is 10.0. The van der Waals surface area contributed by atoms with E-state index in [1.807, 2.05) is 0 Å². The van der Waals surface area contributed by atoms with Gasteiger partial charge in [-0.1, -0.05) is 226 Å². The first-order valence-corrected chi connectivity index (χ1v) is 28.7. The third-order valence-corrected chi connectivity index (χ3v) is 18.7. The molecule has 0 saturated carbocycles. The summed E-state index contributed by atoms with van der Waals surface area (Å²) in [6, 6.07) is 3.73. The van der Waals surface area contributed by atoms with E-state index >= 15 is 0 Å². The lowest BCUT2D eigenvalue weighted by molar-refractivity contribution is -0.137. The second-order valence-corrected chi connectivity index (χ2v) is 25.9. The molecule has 0 N–H and O–H groups in total. The summed E-state index contributed by atoms with van der Waals surface area (Å²) in [5.41, 5.74) is 0. The molecule has 0 fully saturated rings. The SMILES string of the molecule is C=CC(=O)OCCC[Si](CCCCCCCCCCCCCCCCCC)(CCCCCCCCCCCCCCCCCC)O[Si](C)(C)C. The van der Waals surface area contributed by atoms with Crippen molar-refractivity contribution < 1.29 is 13.6 Å². The molecule has 0 bridgehead atoms. The maximum atomic E-state index is 11.7. The summed E-state index contributed by atoms with van der Waals surface area (Å²) >= 11 is 0. The molecule has 0 spiro atoms. The Morgan fingerprint density at radius 1 is 0.440 bits per heavy atom. The van der Waals surface area contributed by atoms with Gasteiger partial charge >= 0.3 is 5.97 Å². The quantitative estimate of drug-likeness (QED) is 0.0271. The van der Waals surface area contributed by atoms with Crippen LogP contribution in [0.1, 0.15) is 226 Å². The van der Waals surface area contributed by atoms with E-state index < -0.39 is 16.6 Å². The van der Waals surface area contributed by atoms with Crippen LogP contribution in [-0.2, 0) is 13.6 Å². The smallest absolute Gasteiger partial charge is 0.330 e. The molecule has 0 amide bonds. The van der Waals surface area contributed by atoms with Crippen LogP contribution >= 0.6 is 0 Å². The van der Waals surface area contributed by atoms with Gasteiger partial charge in [0.25, 0.3) is 0 Å². The average Bonchev–Trinajstić information content (AvgIpc) is 3.09. The zero-order valence-corrected chi connectivity index (χ0v) is 37.2. The molecule has 0 radical (unpaired) electrons. The van der Waals surface area contributed by atoms with Gasteiger partial charge in [0.15, 0.2) is 16.6 Å². The minimum atomic E-state index is -1.88. The fourth-order valence-corrected chi connectivity index (χ4v) is 17.5. The summed E-state index contributed by atoms with van der Waals surface area (Å²) in [5, 5.41) is 0. The van der Waals surface area contributed by atoms with Crippen molar-refractivity contribution in [2.75, 3.05) is 6.61 Å². The van der Waals surface area contributed by atoms with Gasteiger partial charge in [-0.15, -0.1) is 0 Å². The van der Waals surface area contributed by atoms with E-state index in [0.29, 0.717) is 6.61 Å². The third kappa shape index (κ3) is 36.0. The Morgan fingerprint density at radius 2 is 0.700 bits per heavy atom. The van der Waals surface area contributed by atoms with Crippen LogP contribution in [0.25, 0.3) is 0 Å². The predicted molar refractivity (Wildman–Crippen MR) is 229 cm³/mol. The lowest BCUT2D eigenvalue weighted by Crippen LogP contribution is -2.47. The molecule has 50 heavy (non-hydrogen) atoms. The number of ether oxygens (including phenoxy) is 1. The summed E-state index contributed by atoms with van der Waals surface area (Å²) in [4.78, 5) is 11.7. The largest absolute Gasteiger partial charge is 0.463 e. The van der Waals surface area contributed by atoms with Crippen molar-refractivity contribution in [3.05, 3.63) is 12.7 Å². The van der Waals surface area contributed by atoms with Crippen LogP contribution < -0.4 is 0 Å².